The molecule has 1 aliphatic rings. The minimum absolute atomic E-state index is 0.695. The van der Waals surface area contributed by atoms with Crippen molar-refractivity contribution in [2.75, 3.05) is 0 Å². The standard InChI is InChI=1S/C26H23Br2N3/c27-22-12-6-20(7-13-22)25-29-30-26(21-8-14-23(28)15-9-21)31(25)24-16-10-19(11-17-24)18-4-2-1-3-5-18/h6-18H,1-5H2. The zero-order valence-electron chi connectivity index (χ0n) is 17.1. The lowest BCUT2D eigenvalue weighted by Crippen LogP contribution is -2.05. The van der Waals surface area contributed by atoms with Crippen molar-refractivity contribution in [2.24, 2.45) is 0 Å². The Morgan fingerprint density at radius 3 is 1.58 bits per heavy atom. The smallest absolute Gasteiger partial charge is 0.168 e. The highest BCUT2D eigenvalue weighted by Gasteiger charge is 2.19. The van der Waals surface area contributed by atoms with E-state index in [0.717, 1.165) is 37.4 Å². The van der Waals surface area contributed by atoms with Gasteiger partial charge in [0.1, 0.15) is 0 Å². The van der Waals surface area contributed by atoms with Crippen LogP contribution in [0, 0.1) is 0 Å². The minimum Gasteiger partial charge on any atom is -0.275 e. The molecular formula is C26H23Br2N3. The predicted octanol–water partition coefficient (Wildman–Crippen LogP) is 8.17. The van der Waals surface area contributed by atoms with Crippen LogP contribution in [0.15, 0.2) is 81.7 Å². The van der Waals surface area contributed by atoms with Crippen LogP contribution in [0.2, 0.25) is 0 Å². The lowest BCUT2D eigenvalue weighted by molar-refractivity contribution is 0.443. The van der Waals surface area contributed by atoms with Gasteiger partial charge in [-0.25, -0.2) is 0 Å². The average molecular weight is 537 g/mol. The number of nitrogens with zero attached hydrogens (tertiary/aromatic N) is 3. The number of rotatable bonds is 4. The Kier molecular flexibility index (Phi) is 6.06. The van der Waals surface area contributed by atoms with Crippen LogP contribution >= 0.6 is 31.9 Å². The summed E-state index contributed by atoms with van der Waals surface area (Å²) in [7, 11) is 0. The monoisotopic (exact) mass is 535 g/mol. The summed E-state index contributed by atoms with van der Waals surface area (Å²) in [5.74, 6) is 2.38. The summed E-state index contributed by atoms with van der Waals surface area (Å²) in [6.07, 6.45) is 6.68. The summed E-state index contributed by atoms with van der Waals surface area (Å²) in [5.41, 5.74) is 4.61. The Bertz CT molecular complexity index is 1090. The second-order valence-electron chi connectivity index (χ2n) is 8.12. The molecule has 1 aliphatic carbocycles. The van der Waals surface area contributed by atoms with Crippen LogP contribution in [0.3, 0.4) is 0 Å². The van der Waals surface area contributed by atoms with Crippen molar-refractivity contribution in [3.63, 3.8) is 0 Å². The summed E-state index contributed by atoms with van der Waals surface area (Å²) in [6.45, 7) is 0. The molecule has 0 spiro atoms. The second-order valence-corrected chi connectivity index (χ2v) is 9.95. The van der Waals surface area contributed by atoms with Gasteiger partial charge in [-0.15, -0.1) is 10.2 Å². The molecule has 0 saturated heterocycles. The molecule has 0 N–H and O–H groups in total. The fourth-order valence-corrected chi connectivity index (χ4v) is 4.96. The topological polar surface area (TPSA) is 30.7 Å². The maximum absolute atomic E-state index is 4.59. The average Bonchev–Trinajstić information content (AvgIpc) is 3.26. The van der Waals surface area contributed by atoms with Crippen molar-refractivity contribution in [3.8, 4) is 28.5 Å². The second kappa shape index (κ2) is 9.09. The highest BCUT2D eigenvalue weighted by molar-refractivity contribution is 9.10. The summed E-state index contributed by atoms with van der Waals surface area (Å²) in [4.78, 5) is 0. The lowest BCUT2D eigenvalue weighted by atomic mass is 9.84. The van der Waals surface area contributed by atoms with E-state index in [0.29, 0.717) is 5.92 Å². The van der Waals surface area contributed by atoms with Gasteiger partial charge in [0.25, 0.3) is 0 Å². The largest absolute Gasteiger partial charge is 0.275 e. The quantitative estimate of drug-likeness (QED) is 0.263. The van der Waals surface area contributed by atoms with Crippen molar-refractivity contribution in [1.82, 2.24) is 14.8 Å². The molecule has 1 saturated carbocycles. The fourth-order valence-electron chi connectivity index (χ4n) is 4.43. The minimum atomic E-state index is 0.695. The zero-order valence-corrected chi connectivity index (χ0v) is 20.3. The molecule has 0 atom stereocenters. The molecule has 156 valence electrons. The van der Waals surface area contributed by atoms with Crippen LogP contribution in [0.1, 0.15) is 43.6 Å². The van der Waals surface area contributed by atoms with E-state index < -0.39 is 0 Å². The van der Waals surface area contributed by atoms with Crippen LogP contribution in [-0.4, -0.2) is 14.8 Å². The molecule has 31 heavy (non-hydrogen) atoms. The third-order valence-corrected chi connectivity index (χ3v) is 7.15. The van der Waals surface area contributed by atoms with E-state index >= 15 is 0 Å². The van der Waals surface area contributed by atoms with Gasteiger partial charge in [-0.2, -0.15) is 0 Å². The molecule has 5 rings (SSSR count). The SMILES string of the molecule is Brc1ccc(-c2nnc(-c3ccc(Br)cc3)n2-c2ccc(C3CCCCC3)cc2)cc1. The normalized spacial score (nSPS) is 14.6. The summed E-state index contributed by atoms with van der Waals surface area (Å²) in [6, 6.07) is 25.5. The molecular weight excluding hydrogens is 514 g/mol. The molecule has 1 heterocycles. The van der Waals surface area contributed by atoms with E-state index in [1.807, 2.05) is 24.3 Å². The van der Waals surface area contributed by atoms with Crippen molar-refractivity contribution in [2.45, 2.75) is 38.0 Å². The first-order chi connectivity index (χ1) is 15.2. The van der Waals surface area contributed by atoms with Crippen LogP contribution < -0.4 is 0 Å². The van der Waals surface area contributed by atoms with E-state index in [9.17, 15) is 0 Å². The predicted molar refractivity (Wildman–Crippen MR) is 133 cm³/mol. The Morgan fingerprint density at radius 2 is 1.10 bits per heavy atom. The van der Waals surface area contributed by atoms with Gasteiger partial charge in [-0.1, -0.05) is 87.5 Å². The third-order valence-electron chi connectivity index (χ3n) is 6.10. The molecule has 0 unspecified atom stereocenters. The highest BCUT2D eigenvalue weighted by atomic mass is 79.9. The van der Waals surface area contributed by atoms with Gasteiger partial charge in [-0.05, 0) is 60.7 Å². The Hall–Kier alpha value is -2.24. The van der Waals surface area contributed by atoms with Gasteiger partial charge in [0, 0.05) is 25.8 Å². The molecule has 0 amide bonds. The Balaban J connectivity index is 1.60. The molecule has 0 radical (unpaired) electrons. The first-order valence-electron chi connectivity index (χ1n) is 10.8. The number of aromatic nitrogens is 3. The van der Waals surface area contributed by atoms with Gasteiger partial charge in [0.2, 0.25) is 0 Å². The summed E-state index contributed by atoms with van der Waals surface area (Å²) in [5, 5.41) is 9.18. The van der Waals surface area contributed by atoms with Gasteiger partial charge >= 0.3 is 0 Å². The van der Waals surface area contributed by atoms with Gasteiger partial charge in [0.05, 0.1) is 0 Å². The van der Waals surface area contributed by atoms with Gasteiger partial charge in [-0.3, -0.25) is 4.57 Å². The van der Waals surface area contributed by atoms with Crippen LogP contribution in [0.4, 0.5) is 0 Å². The Labute approximate surface area is 199 Å². The van der Waals surface area contributed by atoms with E-state index in [4.69, 9.17) is 0 Å². The molecule has 0 bridgehead atoms. The number of halogens is 2. The van der Waals surface area contributed by atoms with E-state index in [1.165, 1.54) is 37.7 Å². The number of hydrogen-bond donors (Lipinski definition) is 0. The van der Waals surface area contributed by atoms with Crippen molar-refractivity contribution >= 4 is 31.9 Å². The highest BCUT2D eigenvalue weighted by Crippen LogP contribution is 2.34. The Morgan fingerprint density at radius 1 is 0.613 bits per heavy atom. The first-order valence-corrected chi connectivity index (χ1v) is 12.4. The first kappa shape index (κ1) is 20.7. The molecule has 3 aromatic carbocycles. The summed E-state index contributed by atoms with van der Waals surface area (Å²) >= 11 is 7.06. The maximum atomic E-state index is 4.59. The van der Waals surface area contributed by atoms with E-state index in [1.54, 1.807) is 0 Å². The van der Waals surface area contributed by atoms with E-state index in [2.05, 4.69) is 95.2 Å². The van der Waals surface area contributed by atoms with Crippen molar-refractivity contribution in [3.05, 3.63) is 87.3 Å². The number of benzene rings is 3. The third kappa shape index (κ3) is 4.39. The molecule has 3 nitrogen and oxygen atoms in total. The van der Waals surface area contributed by atoms with Crippen LogP contribution in [0.5, 0.6) is 0 Å². The zero-order chi connectivity index (χ0) is 21.2. The maximum Gasteiger partial charge on any atom is 0.168 e. The van der Waals surface area contributed by atoms with Crippen LogP contribution in [0.25, 0.3) is 28.5 Å². The molecule has 1 fully saturated rings. The lowest BCUT2D eigenvalue weighted by Gasteiger charge is -2.22. The van der Waals surface area contributed by atoms with Crippen LogP contribution in [-0.2, 0) is 0 Å². The van der Waals surface area contributed by atoms with Gasteiger partial charge in [0.15, 0.2) is 11.6 Å². The summed E-state index contributed by atoms with van der Waals surface area (Å²) < 4.78 is 4.26. The molecule has 4 aromatic rings. The fraction of sp³-hybridized carbons (Fsp3) is 0.231. The van der Waals surface area contributed by atoms with Gasteiger partial charge < -0.3 is 0 Å². The van der Waals surface area contributed by atoms with Crippen molar-refractivity contribution < 1.29 is 0 Å². The molecule has 1 aromatic heterocycles. The number of hydrogen-bond acceptors (Lipinski definition) is 2. The van der Waals surface area contributed by atoms with E-state index in [-0.39, 0.29) is 0 Å². The molecule has 0 aliphatic heterocycles. The molecule has 5 heteroatoms. The van der Waals surface area contributed by atoms with Crippen molar-refractivity contribution in [1.29, 1.82) is 0 Å².